The van der Waals surface area contributed by atoms with Crippen LogP contribution in [0.5, 0.6) is 0 Å². The summed E-state index contributed by atoms with van der Waals surface area (Å²) in [6.45, 7) is 0. The molecule has 0 unspecified atom stereocenters. The van der Waals surface area contributed by atoms with E-state index in [4.69, 9.17) is 17.3 Å². The summed E-state index contributed by atoms with van der Waals surface area (Å²) in [4.78, 5) is 0. The van der Waals surface area contributed by atoms with E-state index in [1.54, 1.807) is 0 Å². The highest BCUT2D eigenvalue weighted by atomic mass is 35.5. The molecule has 0 amide bonds. The number of nitrogens with two attached hydrogens (primary N) is 1. The van der Waals surface area contributed by atoms with E-state index in [0.717, 1.165) is 17.3 Å². The molecule has 0 fully saturated rings. The van der Waals surface area contributed by atoms with E-state index in [-0.39, 0.29) is 0 Å². The summed E-state index contributed by atoms with van der Waals surface area (Å²) in [6, 6.07) is 6.02. The standard InChI is InChI=1S/C9H10ClN3/c10-4-3-6-1-2-7-8(5-6)12-13-9(7)11/h1-2,5H,3-4H2,(H3,11,12,13). The van der Waals surface area contributed by atoms with Gasteiger partial charge < -0.3 is 5.73 Å². The second kappa shape index (κ2) is 3.26. The molecular weight excluding hydrogens is 186 g/mol. The lowest BCUT2D eigenvalue weighted by Crippen LogP contribution is -1.86. The third-order valence-electron chi connectivity index (χ3n) is 2.04. The quantitative estimate of drug-likeness (QED) is 0.720. The first-order valence-corrected chi connectivity index (χ1v) is 4.63. The van der Waals surface area contributed by atoms with Gasteiger partial charge in [0.1, 0.15) is 0 Å². The summed E-state index contributed by atoms with van der Waals surface area (Å²) in [5.74, 6) is 1.18. The summed E-state index contributed by atoms with van der Waals surface area (Å²) >= 11 is 5.64. The highest BCUT2D eigenvalue weighted by molar-refractivity contribution is 6.18. The number of aromatic nitrogens is 2. The van der Waals surface area contributed by atoms with Crippen LogP contribution in [0, 0.1) is 0 Å². The van der Waals surface area contributed by atoms with E-state index in [2.05, 4.69) is 10.2 Å². The Hall–Kier alpha value is -1.22. The second-order valence-electron chi connectivity index (χ2n) is 2.93. The molecule has 0 aliphatic rings. The average molecular weight is 196 g/mol. The summed E-state index contributed by atoms with van der Waals surface area (Å²) < 4.78 is 0. The molecule has 3 nitrogen and oxygen atoms in total. The van der Waals surface area contributed by atoms with Crippen LogP contribution in [-0.2, 0) is 6.42 Å². The Morgan fingerprint density at radius 1 is 1.46 bits per heavy atom. The Labute approximate surface area is 80.9 Å². The van der Waals surface area contributed by atoms with Gasteiger partial charge in [0, 0.05) is 11.3 Å². The number of H-pyrrole nitrogens is 1. The molecule has 13 heavy (non-hydrogen) atoms. The number of nitrogens with one attached hydrogen (secondary N) is 1. The number of fused-ring (bicyclic) bond motifs is 1. The van der Waals surface area contributed by atoms with Crippen molar-refractivity contribution < 1.29 is 0 Å². The van der Waals surface area contributed by atoms with Gasteiger partial charge in [-0.3, -0.25) is 5.10 Å². The van der Waals surface area contributed by atoms with Crippen LogP contribution in [0.4, 0.5) is 5.82 Å². The molecule has 0 saturated carbocycles. The Kier molecular flexibility index (Phi) is 2.10. The van der Waals surface area contributed by atoms with Crippen LogP contribution in [0.2, 0.25) is 0 Å². The van der Waals surface area contributed by atoms with Gasteiger partial charge in [0.05, 0.1) is 5.52 Å². The molecule has 0 atom stereocenters. The van der Waals surface area contributed by atoms with Crippen LogP contribution in [0.3, 0.4) is 0 Å². The normalized spacial score (nSPS) is 10.8. The predicted molar refractivity (Wildman–Crippen MR) is 54.9 cm³/mol. The molecule has 2 aromatic rings. The Balaban J connectivity index is 2.50. The highest BCUT2D eigenvalue weighted by Gasteiger charge is 2.01. The van der Waals surface area contributed by atoms with Crippen molar-refractivity contribution in [1.29, 1.82) is 0 Å². The molecule has 2 rings (SSSR count). The van der Waals surface area contributed by atoms with Gasteiger partial charge in [-0.25, -0.2) is 0 Å². The van der Waals surface area contributed by atoms with Gasteiger partial charge in [0.2, 0.25) is 0 Å². The maximum absolute atomic E-state index is 5.64. The largest absolute Gasteiger partial charge is 0.382 e. The van der Waals surface area contributed by atoms with E-state index in [1.165, 1.54) is 5.56 Å². The van der Waals surface area contributed by atoms with Crippen LogP contribution in [-0.4, -0.2) is 16.1 Å². The van der Waals surface area contributed by atoms with Crippen molar-refractivity contribution in [2.45, 2.75) is 6.42 Å². The molecule has 0 aliphatic heterocycles. The Morgan fingerprint density at radius 3 is 3.08 bits per heavy atom. The molecule has 1 aromatic carbocycles. The maximum Gasteiger partial charge on any atom is 0.153 e. The van der Waals surface area contributed by atoms with Gasteiger partial charge in [-0.1, -0.05) is 6.07 Å². The van der Waals surface area contributed by atoms with Crippen molar-refractivity contribution in [1.82, 2.24) is 10.2 Å². The predicted octanol–water partition coefficient (Wildman–Crippen LogP) is 1.93. The number of rotatable bonds is 2. The number of benzene rings is 1. The minimum Gasteiger partial charge on any atom is -0.382 e. The van der Waals surface area contributed by atoms with Gasteiger partial charge in [-0.05, 0) is 24.1 Å². The Bertz CT molecular complexity index is 422. The van der Waals surface area contributed by atoms with Crippen molar-refractivity contribution in [3.63, 3.8) is 0 Å². The Morgan fingerprint density at radius 2 is 2.31 bits per heavy atom. The zero-order valence-electron chi connectivity index (χ0n) is 7.05. The smallest absolute Gasteiger partial charge is 0.153 e. The monoisotopic (exact) mass is 195 g/mol. The maximum atomic E-state index is 5.64. The van der Waals surface area contributed by atoms with Crippen molar-refractivity contribution in [3.8, 4) is 0 Å². The minimum atomic E-state index is 0.549. The second-order valence-corrected chi connectivity index (χ2v) is 3.31. The van der Waals surface area contributed by atoms with Gasteiger partial charge in [0.15, 0.2) is 5.82 Å². The van der Waals surface area contributed by atoms with Gasteiger partial charge >= 0.3 is 0 Å². The molecule has 1 aromatic heterocycles. The summed E-state index contributed by atoms with van der Waals surface area (Å²) in [6.07, 6.45) is 0.871. The third kappa shape index (κ3) is 1.47. The first-order valence-electron chi connectivity index (χ1n) is 4.09. The number of nitrogens with zero attached hydrogens (tertiary/aromatic N) is 1. The lowest BCUT2D eigenvalue weighted by molar-refractivity contribution is 1.12. The number of alkyl halides is 1. The molecule has 3 N–H and O–H groups in total. The number of anilines is 1. The fourth-order valence-electron chi connectivity index (χ4n) is 1.35. The summed E-state index contributed by atoms with van der Waals surface area (Å²) in [7, 11) is 0. The van der Waals surface area contributed by atoms with E-state index >= 15 is 0 Å². The molecule has 0 aliphatic carbocycles. The number of aromatic amines is 1. The lowest BCUT2D eigenvalue weighted by Gasteiger charge is -1.96. The first-order chi connectivity index (χ1) is 6.31. The number of halogens is 1. The molecule has 4 heteroatoms. The van der Waals surface area contributed by atoms with Crippen LogP contribution in [0.25, 0.3) is 10.9 Å². The zero-order chi connectivity index (χ0) is 9.26. The fourth-order valence-corrected chi connectivity index (χ4v) is 1.57. The molecule has 0 spiro atoms. The summed E-state index contributed by atoms with van der Waals surface area (Å²) in [5.41, 5.74) is 7.80. The number of nitrogen functional groups attached to an aromatic ring is 1. The molecule has 1 heterocycles. The third-order valence-corrected chi connectivity index (χ3v) is 2.23. The van der Waals surface area contributed by atoms with Crippen molar-refractivity contribution in [2.24, 2.45) is 0 Å². The SMILES string of the molecule is Nc1n[nH]c2cc(CCCl)ccc12. The van der Waals surface area contributed by atoms with Gasteiger partial charge in [-0.2, -0.15) is 5.10 Å². The van der Waals surface area contributed by atoms with Crippen molar-refractivity contribution >= 4 is 28.3 Å². The number of hydrogen-bond acceptors (Lipinski definition) is 2. The van der Waals surface area contributed by atoms with E-state index in [0.29, 0.717) is 11.7 Å². The minimum absolute atomic E-state index is 0.549. The molecule has 68 valence electrons. The number of hydrogen-bond donors (Lipinski definition) is 2. The molecular formula is C9H10ClN3. The van der Waals surface area contributed by atoms with Gasteiger partial charge in [0.25, 0.3) is 0 Å². The summed E-state index contributed by atoms with van der Waals surface area (Å²) in [5, 5.41) is 7.76. The zero-order valence-corrected chi connectivity index (χ0v) is 7.80. The van der Waals surface area contributed by atoms with Crippen LogP contribution >= 0.6 is 11.6 Å². The van der Waals surface area contributed by atoms with Crippen LogP contribution in [0.1, 0.15) is 5.56 Å². The molecule has 0 saturated heterocycles. The van der Waals surface area contributed by atoms with E-state index in [9.17, 15) is 0 Å². The topological polar surface area (TPSA) is 54.7 Å². The van der Waals surface area contributed by atoms with Crippen molar-refractivity contribution in [2.75, 3.05) is 11.6 Å². The lowest BCUT2D eigenvalue weighted by atomic mass is 10.1. The van der Waals surface area contributed by atoms with Crippen LogP contribution in [0.15, 0.2) is 18.2 Å². The molecule has 0 bridgehead atoms. The van der Waals surface area contributed by atoms with Gasteiger partial charge in [-0.15, -0.1) is 11.6 Å². The first kappa shape index (κ1) is 8.38. The van der Waals surface area contributed by atoms with E-state index in [1.807, 2.05) is 18.2 Å². The average Bonchev–Trinajstić information content (AvgIpc) is 2.48. The fraction of sp³-hybridized carbons (Fsp3) is 0.222. The molecule has 0 radical (unpaired) electrons. The number of aryl methyl sites for hydroxylation is 1. The van der Waals surface area contributed by atoms with Crippen LogP contribution < -0.4 is 5.73 Å². The van der Waals surface area contributed by atoms with E-state index < -0.39 is 0 Å². The highest BCUT2D eigenvalue weighted by Crippen LogP contribution is 2.19. The van der Waals surface area contributed by atoms with Crippen molar-refractivity contribution in [3.05, 3.63) is 23.8 Å².